The number of hydrogen-bond donors (Lipinski definition) is 1. The molecule has 0 bridgehead atoms. The van der Waals surface area contributed by atoms with Crippen LogP contribution in [0.2, 0.25) is 0 Å². The SMILES string of the molecule is O=C(Cn1ncc2ccc([N+](=O)[O-])cc21)NC1CCCC1. The lowest BCUT2D eigenvalue weighted by Gasteiger charge is -2.12. The molecule has 0 atom stereocenters. The zero-order valence-electron chi connectivity index (χ0n) is 11.5. The molecule has 110 valence electrons. The van der Waals surface area contributed by atoms with Crippen molar-refractivity contribution < 1.29 is 9.72 Å². The van der Waals surface area contributed by atoms with E-state index in [1.54, 1.807) is 12.3 Å². The van der Waals surface area contributed by atoms with Gasteiger partial charge in [-0.05, 0) is 18.9 Å². The fourth-order valence-corrected chi connectivity index (χ4v) is 2.78. The Bertz CT molecular complexity index is 689. The Balaban J connectivity index is 1.78. The summed E-state index contributed by atoms with van der Waals surface area (Å²) < 4.78 is 1.51. The number of nitro benzene ring substituents is 1. The van der Waals surface area contributed by atoms with Crippen molar-refractivity contribution in [2.24, 2.45) is 0 Å². The number of fused-ring (bicyclic) bond motifs is 1. The maximum Gasteiger partial charge on any atom is 0.271 e. The van der Waals surface area contributed by atoms with Gasteiger partial charge in [-0.2, -0.15) is 5.10 Å². The predicted octanol–water partition coefficient (Wildman–Crippen LogP) is 2.00. The van der Waals surface area contributed by atoms with E-state index >= 15 is 0 Å². The number of carbonyl (C=O) groups excluding carboxylic acids is 1. The van der Waals surface area contributed by atoms with Crippen LogP contribution >= 0.6 is 0 Å². The maximum atomic E-state index is 12.0. The standard InChI is InChI=1S/C14H16N4O3/c19-14(16-11-3-1-2-4-11)9-17-13-7-12(18(20)21)6-5-10(13)8-15-17/h5-8,11H,1-4,9H2,(H,16,19). The van der Waals surface area contributed by atoms with Crippen LogP contribution in [-0.4, -0.2) is 26.7 Å². The average Bonchev–Trinajstić information content (AvgIpc) is 3.08. The number of non-ortho nitro benzene ring substituents is 1. The summed E-state index contributed by atoms with van der Waals surface area (Å²) in [6.07, 6.45) is 5.97. The number of nitro groups is 1. The molecular weight excluding hydrogens is 272 g/mol. The van der Waals surface area contributed by atoms with Gasteiger partial charge in [0.2, 0.25) is 5.91 Å². The van der Waals surface area contributed by atoms with E-state index in [9.17, 15) is 14.9 Å². The molecule has 1 aromatic carbocycles. The summed E-state index contributed by atoms with van der Waals surface area (Å²) in [5, 5.41) is 18.7. The smallest absolute Gasteiger partial charge is 0.271 e. The highest BCUT2D eigenvalue weighted by Gasteiger charge is 2.18. The van der Waals surface area contributed by atoms with Crippen LogP contribution in [0.3, 0.4) is 0 Å². The number of hydrogen-bond acceptors (Lipinski definition) is 4. The van der Waals surface area contributed by atoms with Crippen molar-refractivity contribution in [1.29, 1.82) is 0 Å². The van der Waals surface area contributed by atoms with Crippen molar-refractivity contribution in [3.8, 4) is 0 Å². The molecular formula is C14H16N4O3. The number of benzene rings is 1. The van der Waals surface area contributed by atoms with Crippen molar-refractivity contribution in [1.82, 2.24) is 15.1 Å². The third-order valence-electron chi connectivity index (χ3n) is 3.85. The summed E-state index contributed by atoms with van der Waals surface area (Å²) in [6, 6.07) is 4.79. The first-order valence-electron chi connectivity index (χ1n) is 7.03. The molecule has 1 N–H and O–H groups in total. The Morgan fingerprint density at radius 2 is 2.19 bits per heavy atom. The zero-order valence-corrected chi connectivity index (χ0v) is 11.5. The molecule has 0 spiro atoms. The molecule has 7 heteroatoms. The molecule has 21 heavy (non-hydrogen) atoms. The van der Waals surface area contributed by atoms with E-state index in [1.807, 2.05) is 0 Å². The fourth-order valence-electron chi connectivity index (χ4n) is 2.78. The van der Waals surface area contributed by atoms with Gasteiger partial charge in [-0.15, -0.1) is 0 Å². The summed E-state index contributed by atoms with van der Waals surface area (Å²) in [4.78, 5) is 22.4. The highest BCUT2D eigenvalue weighted by Crippen LogP contribution is 2.21. The van der Waals surface area contributed by atoms with Crippen LogP contribution in [0.1, 0.15) is 25.7 Å². The molecule has 0 aliphatic heterocycles. The van der Waals surface area contributed by atoms with Crippen LogP contribution in [0.15, 0.2) is 24.4 Å². The molecule has 1 heterocycles. The molecule has 1 aliphatic rings. The quantitative estimate of drug-likeness (QED) is 0.688. The van der Waals surface area contributed by atoms with Gasteiger partial charge in [-0.25, -0.2) is 0 Å². The van der Waals surface area contributed by atoms with Crippen molar-refractivity contribution in [3.05, 3.63) is 34.5 Å². The molecule has 0 radical (unpaired) electrons. The van der Waals surface area contributed by atoms with Crippen molar-refractivity contribution >= 4 is 22.5 Å². The number of nitrogens with one attached hydrogen (secondary N) is 1. The second-order valence-electron chi connectivity index (χ2n) is 5.35. The molecule has 1 amide bonds. The summed E-state index contributed by atoms with van der Waals surface area (Å²) in [5.74, 6) is -0.0987. The maximum absolute atomic E-state index is 12.0. The van der Waals surface area contributed by atoms with Gasteiger partial charge < -0.3 is 5.32 Å². The van der Waals surface area contributed by atoms with Crippen LogP contribution in [0.25, 0.3) is 10.9 Å². The summed E-state index contributed by atoms with van der Waals surface area (Å²) in [6.45, 7) is 0.0845. The molecule has 0 unspecified atom stereocenters. The summed E-state index contributed by atoms with van der Waals surface area (Å²) in [5.41, 5.74) is 0.603. The van der Waals surface area contributed by atoms with Crippen LogP contribution in [-0.2, 0) is 11.3 Å². The third kappa shape index (κ3) is 2.86. The van der Waals surface area contributed by atoms with Crippen LogP contribution in [0.5, 0.6) is 0 Å². The Hall–Kier alpha value is -2.44. The average molecular weight is 288 g/mol. The van der Waals surface area contributed by atoms with Gasteiger partial charge in [-0.1, -0.05) is 12.8 Å². The molecule has 0 saturated heterocycles. The van der Waals surface area contributed by atoms with Gasteiger partial charge in [0.25, 0.3) is 5.69 Å². The Labute approximate surface area is 121 Å². The number of rotatable bonds is 4. The van der Waals surface area contributed by atoms with E-state index in [0.717, 1.165) is 31.1 Å². The van der Waals surface area contributed by atoms with Crippen LogP contribution in [0.4, 0.5) is 5.69 Å². The van der Waals surface area contributed by atoms with Crippen molar-refractivity contribution in [3.63, 3.8) is 0 Å². The van der Waals surface area contributed by atoms with E-state index in [0.29, 0.717) is 5.52 Å². The van der Waals surface area contributed by atoms with Gasteiger partial charge in [0.1, 0.15) is 6.54 Å². The van der Waals surface area contributed by atoms with Gasteiger partial charge in [0.15, 0.2) is 0 Å². The van der Waals surface area contributed by atoms with Gasteiger partial charge in [0, 0.05) is 23.6 Å². The van der Waals surface area contributed by atoms with E-state index in [-0.39, 0.29) is 24.2 Å². The molecule has 2 aromatic rings. The third-order valence-corrected chi connectivity index (χ3v) is 3.85. The molecule has 7 nitrogen and oxygen atoms in total. The monoisotopic (exact) mass is 288 g/mol. The second-order valence-corrected chi connectivity index (χ2v) is 5.35. The highest BCUT2D eigenvalue weighted by atomic mass is 16.6. The molecule has 1 saturated carbocycles. The summed E-state index contributed by atoms with van der Waals surface area (Å²) in [7, 11) is 0. The van der Waals surface area contributed by atoms with Gasteiger partial charge >= 0.3 is 0 Å². The normalized spacial score (nSPS) is 15.4. The second kappa shape index (κ2) is 5.51. The number of aromatic nitrogens is 2. The minimum atomic E-state index is -0.449. The van der Waals surface area contributed by atoms with E-state index in [1.165, 1.54) is 16.8 Å². The van der Waals surface area contributed by atoms with E-state index in [4.69, 9.17) is 0 Å². The van der Waals surface area contributed by atoms with Gasteiger partial charge in [-0.3, -0.25) is 19.6 Å². The predicted molar refractivity (Wildman–Crippen MR) is 76.8 cm³/mol. The number of amides is 1. The van der Waals surface area contributed by atoms with E-state index < -0.39 is 4.92 Å². The van der Waals surface area contributed by atoms with Crippen molar-refractivity contribution in [2.45, 2.75) is 38.3 Å². The first-order chi connectivity index (χ1) is 10.1. The largest absolute Gasteiger partial charge is 0.352 e. The van der Waals surface area contributed by atoms with Crippen molar-refractivity contribution in [2.75, 3.05) is 0 Å². The Kier molecular flexibility index (Phi) is 3.55. The topological polar surface area (TPSA) is 90.1 Å². The lowest BCUT2D eigenvalue weighted by Crippen LogP contribution is -2.35. The molecule has 3 rings (SSSR count). The zero-order chi connectivity index (χ0) is 14.8. The molecule has 1 aromatic heterocycles. The number of nitrogens with zero attached hydrogens (tertiary/aromatic N) is 3. The molecule has 1 fully saturated rings. The first kappa shape index (κ1) is 13.5. The first-order valence-corrected chi connectivity index (χ1v) is 7.03. The minimum absolute atomic E-state index is 0.000418. The van der Waals surface area contributed by atoms with Crippen LogP contribution in [0, 0.1) is 10.1 Å². The summed E-state index contributed by atoms with van der Waals surface area (Å²) >= 11 is 0. The Morgan fingerprint density at radius 1 is 1.43 bits per heavy atom. The lowest BCUT2D eigenvalue weighted by atomic mass is 10.2. The van der Waals surface area contributed by atoms with Crippen LogP contribution < -0.4 is 5.32 Å². The van der Waals surface area contributed by atoms with Gasteiger partial charge in [0.05, 0.1) is 16.6 Å². The fraction of sp³-hybridized carbons (Fsp3) is 0.429. The Morgan fingerprint density at radius 3 is 2.90 bits per heavy atom. The van der Waals surface area contributed by atoms with E-state index in [2.05, 4.69) is 10.4 Å². The highest BCUT2D eigenvalue weighted by molar-refractivity contribution is 5.83. The molecule has 1 aliphatic carbocycles. The number of carbonyl (C=O) groups is 1. The lowest BCUT2D eigenvalue weighted by molar-refractivity contribution is -0.384. The minimum Gasteiger partial charge on any atom is -0.352 e.